The van der Waals surface area contributed by atoms with E-state index in [1.165, 1.54) is 24.3 Å². The van der Waals surface area contributed by atoms with E-state index in [2.05, 4.69) is 0 Å². The van der Waals surface area contributed by atoms with Crippen molar-refractivity contribution >= 4 is 0 Å². The zero-order valence-electron chi connectivity index (χ0n) is 6.81. The monoisotopic (exact) mass is 182 g/mol. The van der Waals surface area contributed by atoms with E-state index in [-0.39, 0.29) is 17.9 Å². The summed E-state index contributed by atoms with van der Waals surface area (Å²) in [5.41, 5.74) is -3.67. The van der Waals surface area contributed by atoms with Crippen molar-refractivity contribution < 1.29 is 20.4 Å². The van der Waals surface area contributed by atoms with Crippen molar-refractivity contribution in [3.8, 4) is 0 Å². The van der Waals surface area contributed by atoms with E-state index >= 15 is 0 Å². The molecular weight excluding hydrogens is 172 g/mol. The van der Waals surface area contributed by atoms with Gasteiger partial charge in [-0.05, 0) is 18.2 Å². The molecule has 4 nitrogen and oxygen atoms in total. The van der Waals surface area contributed by atoms with Crippen LogP contribution in [0.4, 0.5) is 0 Å². The third-order valence-electron chi connectivity index (χ3n) is 2.62. The Balaban J connectivity index is 2.59. The standard InChI is InChI=1S/C9H10O4/c10-6-2-3-7(11)9(13)5-1-4-8(6,9)12/h1-4,10-13H,5H2. The lowest BCUT2D eigenvalue weighted by molar-refractivity contribution is -0.106. The van der Waals surface area contributed by atoms with E-state index < -0.39 is 11.2 Å². The topological polar surface area (TPSA) is 80.9 Å². The normalized spacial score (nSPS) is 42.6. The third kappa shape index (κ3) is 0.765. The van der Waals surface area contributed by atoms with Gasteiger partial charge in [0.25, 0.3) is 0 Å². The molecule has 0 aromatic carbocycles. The summed E-state index contributed by atoms with van der Waals surface area (Å²) in [5.74, 6) is -0.695. The van der Waals surface area contributed by atoms with E-state index in [4.69, 9.17) is 0 Å². The molecule has 0 bridgehead atoms. The van der Waals surface area contributed by atoms with Crippen molar-refractivity contribution in [2.24, 2.45) is 0 Å². The Morgan fingerprint density at radius 2 is 1.69 bits per heavy atom. The highest BCUT2D eigenvalue weighted by Crippen LogP contribution is 2.44. The van der Waals surface area contributed by atoms with Gasteiger partial charge in [-0.15, -0.1) is 0 Å². The van der Waals surface area contributed by atoms with Crippen molar-refractivity contribution in [1.29, 1.82) is 0 Å². The molecule has 4 N–H and O–H groups in total. The van der Waals surface area contributed by atoms with Gasteiger partial charge in [0.1, 0.15) is 11.5 Å². The van der Waals surface area contributed by atoms with Gasteiger partial charge in [0.2, 0.25) is 0 Å². The van der Waals surface area contributed by atoms with Crippen LogP contribution in [0.3, 0.4) is 0 Å². The van der Waals surface area contributed by atoms with E-state index in [0.29, 0.717) is 0 Å². The average molecular weight is 182 g/mol. The van der Waals surface area contributed by atoms with Gasteiger partial charge in [0.15, 0.2) is 11.2 Å². The highest BCUT2D eigenvalue weighted by Gasteiger charge is 2.57. The van der Waals surface area contributed by atoms with Gasteiger partial charge < -0.3 is 20.4 Å². The fourth-order valence-corrected chi connectivity index (χ4v) is 1.71. The highest BCUT2D eigenvalue weighted by molar-refractivity contribution is 5.44. The Kier molecular flexibility index (Phi) is 1.38. The molecule has 0 spiro atoms. The smallest absolute Gasteiger partial charge is 0.175 e. The van der Waals surface area contributed by atoms with E-state index in [0.717, 1.165) is 0 Å². The van der Waals surface area contributed by atoms with Crippen molar-refractivity contribution in [2.45, 2.75) is 17.6 Å². The second-order valence-corrected chi connectivity index (χ2v) is 3.34. The quantitative estimate of drug-likeness (QED) is 0.406. The molecule has 13 heavy (non-hydrogen) atoms. The van der Waals surface area contributed by atoms with Crippen molar-refractivity contribution in [1.82, 2.24) is 0 Å². The van der Waals surface area contributed by atoms with Gasteiger partial charge in [-0.2, -0.15) is 0 Å². The summed E-state index contributed by atoms with van der Waals surface area (Å²) in [6, 6.07) is 0. The Bertz CT molecular complexity index is 342. The summed E-state index contributed by atoms with van der Waals surface area (Å²) in [5, 5.41) is 38.5. The largest absolute Gasteiger partial charge is 0.509 e. The first-order chi connectivity index (χ1) is 6.01. The van der Waals surface area contributed by atoms with E-state index in [1.807, 2.05) is 0 Å². The summed E-state index contributed by atoms with van der Waals surface area (Å²) < 4.78 is 0. The number of hydrogen-bond acceptors (Lipinski definition) is 4. The molecule has 0 heterocycles. The summed E-state index contributed by atoms with van der Waals surface area (Å²) in [6.45, 7) is 0. The molecule has 0 amide bonds. The zero-order chi connectivity index (χ0) is 9.69. The number of hydrogen-bond donors (Lipinski definition) is 4. The molecule has 2 rings (SSSR count). The van der Waals surface area contributed by atoms with E-state index in [9.17, 15) is 20.4 Å². The summed E-state index contributed by atoms with van der Waals surface area (Å²) in [6.07, 6.45) is 5.22. The van der Waals surface area contributed by atoms with Crippen LogP contribution >= 0.6 is 0 Å². The number of aliphatic hydroxyl groups is 4. The first-order valence-electron chi connectivity index (χ1n) is 3.94. The predicted octanol–water partition coefficient (Wildman–Crippen LogP) is 0.306. The maximum absolute atomic E-state index is 9.88. The van der Waals surface area contributed by atoms with Gasteiger partial charge in [-0.1, -0.05) is 6.08 Å². The third-order valence-corrected chi connectivity index (χ3v) is 2.62. The maximum Gasteiger partial charge on any atom is 0.175 e. The van der Waals surface area contributed by atoms with Crippen LogP contribution in [-0.4, -0.2) is 31.6 Å². The molecule has 70 valence electrons. The van der Waals surface area contributed by atoms with Crippen molar-refractivity contribution in [2.75, 3.05) is 0 Å². The number of rotatable bonds is 0. The van der Waals surface area contributed by atoms with Crippen LogP contribution in [0.5, 0.6) is 0 Å². The molecule has 2 aliphatic carbocycles. The zero-order valence-corrected chi connectivity index (χ0v) is 6.81. The molecule has 0 saturated heterocycles. The van der Waals surface area contributed by atoms with E-state index in [1.54, 1.807) is 0 Å². The molecular formula is C9H10O4. The molecule has 0 saturated carbocycles. The Hall–Kier alpha value is -1.26. The molecule has 0 aromatic heterocycles. The highest BCUT2D eigenvalue weighted by atomic mass is 16.4. The molecule has 4 heteroatoms. The molecule has 2 unspecified atom stereocenters. The lowest BCUT2D eigenvalue weighted by Crippen LogP contribution is -2.54. The fraction of sp³-hybridized carbons (Fsp3) is 0.333. The van der Waals surface area contributed by atoms with Crippen LogP contribution in [0.2, 0.25) is 0 Å². The van der Waals surface area contributed by atoms with Crippen LogP contribution in [0.15, 0.2) is 35.8 Å². The number of fused-ring (bicyclic) bond motifs is 1. The Morgan fingerprint density at radius 1 is 1.08 bits per heavy atom. The SMILES string of the molecule is OC1=CC=C(O)C2(O)CC=CC12O. The molecule has 0 aromatic rings. The molecule has 0 aliphatic heterocycles. The lowest BCUT2D eigenvalue weighted by Gasteiger charge is -2.38. The molecule has 0 fully saturated rings. The van der Waals surface area contributed by atoms with Crippen molar-refractivity contribution in [3.63, 3.8) is 0 Å². The Labute approximate surface area is 74.8 Å². The van der Waals surface area contributed by atoms with Crippen LogP contribution in [0.25, 0.3) is 0 Å². The summed E-state index contributed by atoms with van der Waals surface area (Å²) >= 11 is 0. The lowest BCUT2D eigenvalue weighted by atomic mass is 9.79. The summed E-state index contributed by atoms with van der Waals surface area (Å²) in [7, 11) is 0. The molecule has 2 atom stereocenters. The fourth-order valence-electron chi connectivity index (χ4n) is 1.71. The maximum atomic E-state index is 9.88. The van der Waals surface area contributed by atoms with Crippen LogP contribution < -0.4 is 0 Å². The van der Waals surface area contributed by atoms with Crippen LogP contribution in [-0.2, 0) is 0 Å². The van der Waals surface area contributed by atoms with Gasteiger partial charge in [-0.3, -0.25) is 0 Å². The number of allylic oxidation sites excluding steroid dienone is 2. The second-order valence-electron chi connectivity index (χ2n) is 3.34. The van der Waals surface area contributed by atoms with Crippen LogP contribution in [0, 0.1) is 0 Å². The van der Waals surface area contributed by atoms with Crippen LogP contribution in [0.1, 0.15) is 6.42 Å². The first kappa shape index (κ1) is 8.34. The molecule has 2 aliphatic rings. The minimum absolute atomic E-state index is 0.0870. The number of aliphatic hydroxyl groups excluding tert-OH is 2. The Morgan fingerprint density at radius 3 is 2.31 bits per heavy atom. The van der Waals surface area contributed by atoms with Gasteiger partial charge in [0, 0.05) is 6.42 Å². The predicted molar refractivity (Wildman–Crippen MR) is 45.1 cm³/mol. The summed E-state index contributed by atoms with van der Waals surface area (Å²) in [4.78, 5) is 0. The van der Waals surface area contributed by atoms with Gasteiger partial charge in [-0.25, -0.2) is 0 Å². The first-order valence-corrected chi connectivity index (χ1v) is 3.94. The van der Waals surface area contributed by atoms with Gasteiger partial charge in [0.05, 0.1) is 0 Å². The minimum atomic E-state index is -1.87. The average Bonchev–Trinajstić information content (AvgIpc) is 2.40. The van der Waals surface area contributed by atoms with Crippen molar-refractivity contribution in [3.05, 3.63) is 35.8 Å². The second kappa shape index (κ2) is 2.16. The molecule has 0 radical (unpaired) electrons. The van der Waals surface area contributed by atoms with Gasteiger partial charge >= 0.3 is 0 Å². The minimum Gasteiger partial charge on any atom is -0.509 e.